The van der Waals surface area contributed by atoms with Gasteiger partial charge in [0.15, 0.2) is 17.5 Å². The number of nitrogens with zero attached hydrogens (tertiary/aromatic N) is 1. The van der Waals surface area contributed by atoms with Gasteiger partial charge in [-0.05, 0) is 55.9 Å². The standard InChI is InChI=1S/C23H31N3O3.HI/c1-3-24-23(25-13-12-17-10-11-20(27)22(14-17)28-2)26-15-19-6-4-5-7-21(19)29-16-18-8-9-18;/h4-7,10-11,14,18,27H,3,8-9,12-13,15-16H2,1-2H3,(H2,24,25,26);1H. The maximum atomic E-state index is 9.71. The van der Waals surface area contributed by atoms with Crippen LogP contribution in [0.2, 0.25) is 0 Å². The normalized spacial score (nSPS) is 13.3. The van der Waals surface area contributed by atoms with Crippen molar-refractivity contribution in [2.24, 2.45) is 10.9 Å². The second-order valence-electron chi connectivity index (χ2n) is 7.24. The van der Waals surface area contributed by atoms with E-state index < -0.39 is 0 Å². The molecule has 3 N–H and O–H groups in total. The van der Waals surface area contributed by atoms with Crippen molar-refractivity contribution in [1.29, 1.82) is 0 Å². The molecular formula is C23H32IN3O3. The summed E-state index contributed by atoms with van der Waals surface area (Å²) in [7, 11) is 1.55. The van der Waals surface area contributed by atoms with Crippen molar-refractivity contribution in [3.8, 4) is 17.2 Å². The summed E-state index contributed by atoms with van der Waals surface area (Å²) < 4.78 is 11.2. The van der Waals surface area contributed by atoms with E-state index in [0.29, 0.717) is 12.3 Å². The molecule has 0 atom stereocenters. The number of ether oxygens (including phenoxy) is 2. The number of benzene rings is 2. The van der Waals surface area contributed by atoms with Crippen LogP contribution in [0.5, 0.6) is 17.2 Å². The lowest BCUT2D eigenvalue weighted by Crippen LogP contribution is -2.38. The highest BCUT2D eigenvalue weighted by atomic mass is 127. The van der Waals surface area contributed by atoms with Gasteiger partial charge in [0.25, 0.3) is 0 Å². The van der Waals surface area contributed by atoms with Crippen molar-refractivity contribution in [2.75, 3.05) is 26.8 Å². The van der Waals surface area contributed by atoms with Gasteiger partial charge in [-0.25, -0.2) is 4.99 Å². The van der Waals surface area contributed by atoms with Crippen LogP contribution in [0.4, 0.5) is 0 Å². The zero-order valence-electron chi connectivity index (χ0n) is 17.7. The minimum absolute atomic E-state index is 0. The Hall–Kier alpha value is -2.16. The van der Waals surface area contributed by atoms with E-state index in [9.17, 15) is 5.11 Å². The lowest BCUT2D eigenvalue weighted by atomic mass is 10.1. The van der Waals surface area contributed by atoms with Crippen LogP contribution in [-0.2, 0) is 13.0 Å². The molecule has 0 saturated heterocycles. The van der Waals surface area contributed by atoms with E-state index in [1.165, 1.54) is 12.8 Å². The summed E-state index contributed by atoms with van der Waals surface area (Å²) in [6.45, 7) is 4.92. The molecule has 6 nitrogen and oxygen atoms in total. The first-order chi connectivity index (χ1) is 14.2. The summed E-state index contributed by atoms with van der Waals surface area (Å²) in [5, 5.41) is 16.4. The number of phenolic OH excluding ortho intramolecular Hbond substituents is 1. The molecule has 0 bridgehead atoms. The Morgan fingerprint density at radius 1 is 1.13 bits per heavy atom. The SMILES string of the molecule is CCNC(=NCc1ccccc1OCC1CC1)NCCc1ccc(O)c(OC)c1.I. The zero-order valence-corrected chi connectivity index (χ0v) is 20.0. The molecule has 7 heteroatoms. The highest BCUT2D eigenvalue weighted by molar-refractivity contribution is 14.0. The van der Waals surface area contributed by atoms with Crippen molar-refractivity contribution in [2.45, 2.75) is 32.7 Å². The smallest absolute Gasteiger partial charge is 0.191 e. The summed E-state index contributed by atoms with van der Waals surface area (Å²) in [5.74, 6) is 3.07. The minimum Gasteiger partial charge on any atom is -0.504 e. The third-order valence-electron chi connectivity index (χ3n) is 4.85. The largest absolute Gasteiger partial charge is 0.504 e. The summed E-state index contributed by atoms with van der Waals surface area (Å²) >= 11 is 0. The predicted octanol–water partition coefficient (Wildman–Crippen LogP) is 4.11. The van der Waals surface area contributed by atoms with Gasteiger partial charge < -0.3 is 25.2 Å². The van der Waals surface area contributed by atoms with Gasteiger partial charge in [0, 0.05) is 18.7 Å². The quantitative estimate of drug-likeness (QED) is 0.248. The lowest BCUT2D eigenvalue weighted by molar-refractivity contribution is 0.297. The summed E-state index contributed by atoms with van der Waals surface area (Å²) in [6, 6.07) is 13.5. The average molecular weight is 525 g/mol. The van der Waals surface area contributed by atoms with Crippen LogP contribution in [0.15, 0.2) is 47.5 Å². The molecule has 1 saturated carbocycles. The van der Waals surface area contributed by atoms with E-state index in [4.69, 9.17) is 14.5 Å². The van der Waals surface area contributed by atoms with Gasteiger partial charge in [0.1, 0.15) is 5.75 Å². The third-order valence-corrected chi connectivity index (χ3v) is 4.85. The molecule has 1 aliphatic carbocycles. The molecule has 164 valence electrons. The van der Waals surface area contributed by atoms with E-state index >= 15 is 0 Å². The summed E-state index contributed by atoms with van der Waals surface area (Å²) in [5.41, 5.74) is 2.18. The fourth-order valence-corrected chi connectivity index (χ4v) is 2.98. The number of hydrogen-bond donors (Lipinski definition) is 3. The van der Waals surface area contributed by atoms with Gasteiger partial charge in [-0.15, -0.1) is 24.0 Å². The zero-order chi connectivity index (χ0) is 20.5. The van der Waals surface area contributed by atoms with E-state index in [1.807, 2.05) is 30.3 Å². The molecule has 0 heterocycles. The number of para-hydroxylation sites is 1. The second kappa shape index (κ2) is 12.5. The van der Waals surface area contributed by atoms with Gasteiger partial charge in [-0.2, -0.15) is 0 Å². The van der Waals surface area contributed by atoms with Crippen LogP contribution in [0.1, 0.15) is 30.9 Å². The molecule has 0 spiro atoms. The summed E-state index contributed by atoms with van der Waals surface area (Å²) in [4.78, 5) is 4.72. The van der Waals surface area contributed by atoms with Gasteiger partial charge in [-0.1, -0.05) is 24.3 Å². The topological polar surface area (TPSA) is 75.1 Å². The molecule has 0 unspecified atom stereocenters. The molecule has 0 aromatic heterocycles. The molecule has 1 aliphatic rings. The van der Waals surface area contributed by atoms with E-state index in [1.54, 1.807) is 13.2 Å². The molecule has 3 rings (SSSR count). The van der Waals surface area contributed by atoms with Gasteiger partial charge in [0.05, 0.1) is 20.3 Å². The number of phenols is 1. The Labute approximate surface area is 196 Å². The monoisotopic (exact) mass is 525 g/mol. The van der Waals surface area contributed by atoms with Crippen molar-refractivity contribution >= 4 is 29.9 Å². The van der Waals surface area contributed by atoms with Crippen LogP contribution in [0.25, 0.3) is 0 Å². The number of nitrogens with one attached hydrogen (secondary N) is 2. The third kappa shape index (κ3) is 7.59. The minimum atomic E-state index is 0. The first-order valence-corrected chi connectivity index (χ1v) is 10.3. The molecule has 0 radical (unpaired) electrons. The number of halogens is 1. The molecule has 1 fully saturated rings. The average Bonchev–Trinajstić information content (AvgIpc) is 3.57. The Bertz CT molecular complexity index is 825. The number of hydrogen-bond acceptors (Lipinski definition) is 4. The molecule has 0 aliphatic heterocycles. The van der Waals surface area contributed by atoms with E-state index in [2.05, 4.69) is 23.6 Å². The Kier molecular flexibility index (Phi) is 10.1. The van der Waals surface area contributed by atoms with Crippen LogP contribution in [-0.4, -0.2) is 37.9 Å². The van der Waals surface area contributed by atoms with Crippen molar-refractivity contribution in [1.82, 2.24) is 10.6 Å². The maximum Gasteiger partial charge on any atom is 0.191 e. The number of rotatable bonds is 10. The van der Waals surface area contributed by atoms with Crippen LogP contribution >= 0.6 is 24.0 Å². The van der Waals surface area contributed by atoms with Crippen molar-refractivity contribution in [3.63, 3.8) is 0 Å². The lowest BCUT2D eigenvalue weighted by Gasteiger charge is -2.13. The molecule has 2 aromatic rings. The van der Waals surface area contributed by atoms with Crippen molar-refractivity contribution < 1.29 is 14.6 Å². The Balaban J connectivity index is 0.00000320. The number of aliphatic imine (C=N–C) groups is 1. The van der Waals surface area contributed by atoms with Gasteiger partial charge in [-0.3, -0.25) is 0 Å². The highest BCUT2D eigenvalue weighted by Gasteiger charge is 2.22. The molecule has 0 amide bonds. The fraction of sp³-hybridized carbons (Fsp3) is 0.435. The van der Waals surface area contributed by atoms with Gasteiger partial charge >= 0.3 is 0 Å². The second-order valence-corrected chi connectivity index (χ2v) is 7.24. The highest BCUT2D eigenvalue weighted by Crippen LogP contribution is 2.30. The Morgan fingerprint density at radius 3 is 2.67 bits per heavy atom. The first kappa shape index (κ1) is 24.1. The number of methoxy groups -OCH3 is 1. The number of aromatic hydroxyl groups is 1. The van der Waals surface area contributed by atoms with Crippen LogP contribution in [0, 0.1) is 5.92 Å². The molecule has 30 heavy (non-hydrogen) atoms. The van der Waals surface area contributed by atoms with Crippen LogP contribution in [0.3, 0.4) is 0 Å². The van der Waals surface area contributed by atoms with E-state index in [0.717, 1.165) is 54.9 Å². The first-order valence-electron chi connectivity index (χ1n) is 10.3. The van der Waals surface area contributed by atoms with E-state index in [-0.39, 0.29) is 29.7 Å². The molecular weight excluding hydrogens is 493 g/mol. The fourth-order valence-electron chi connectivity index (χ4n) is 2.98. The summed E-state index contributed by atoms with van der Waals surface area (Å²) in [6.07, 6.45) is 3.35. The molecule has 2 aromatic carbocycles. The van der Waals surface area contributed by atoms with Gasteiger partial charge in [0.2, 0.25) is 0 Å². The van der Waals surface area contributed by atoms with Crippen molar-refractivity contribution in [3.05, 3.63) is 53.6 Å². The number of guanidine groups is 1. The Morgan fingerprint density at radius 2 is 1.93 bits per heavy atom. The maximum absolute atomic E-state index is 9.71. The predicted molar refractivity (Wildman–Crippen MR) is 131 cm³/mol. The van der Waals surface area contributed by atoms with Crippen LogP contribution < -0.4 is 20.1 Å².